The summed E-state index contributed by atoms with van der Waals surface area (Å²) in [4.78, 5) is 21.7. The Morgan fingerprint density at radius 2 is 1.86 bits per heavy atom. The van der Waals surface area contributed by atoms with E-state index in [1.807, 2.05) is 24.3 Å². The van der Waals surface area contributed by atoms with Crippen molar-refractivity contribution in [3.63, 3.8) is 0 Å². The third kappa shape index (κ3) is 5.28. The lowest BCUT2D eigenvalue weighted by Gasteiger charge is -2.50. The number of phenols is 1. The Hall–Kier alpha value is -3.28. The molecule has 0 bridgehead atoms. The fourth-order valence-electron chi connectivity index (χ4n) is 6.88. The molecule has 0 aromatic heterocycles. The number of aryl methyl sites for hydroxylation is 1. The van der Waals surface area contributed by atoms with Crippen molar-refractivity contribution in [2.24, 2.45) is 17.3 Å². The van der Waals surface area contributed by atoms with Gasteiger partial charge in [-0.2, -0.15) is 0 Å². The van der Waals surface area contributed by atoms with Gasteiger partial charge in [-0.05, 0) is 91.7 Å². The Morgan fingerprint density at radius 3 is 2.58 bits per heavy atom. The molecule has 2 N–H and O–H groups in total. The lowest BCUT2D eigenvalue weighted by atomic mass is 9.55. The first-order chi connectivity index (χ1) is 17.2. The van der Waals surface area contributed by atoms with Crippen LogP contribution >= 0.6 is 0 Å². The van der Waals surface area contributed by atoms with Gasteiger partial charge in [0.1, 0.15) is 17.6 Å². The summed E-state index contributed by atoms with van der Waals surface area (Å²) >= 11 is 0. The minimum absolute atomic E-state index is 0.104. The molecule has 0 heterocycles. The van der Waals surface area contributed by atoms with E-state index in [9.17, 15) is 14.7 Å². The predicted molar refractivity (Wildman–Crippen MR) is 138 cm³/mol. The molecule has 2 fully saturated rings. The third-order valence-electron chi connectivity index (χ3n) is 8.48. The highest BCUT2D eigenvalue weighted by Crippen LogP contribution is 2.61. The van der Waals surface area contributed by atoms with Gasteiger partial charge in [0.2, 0.25) is 0 Å². The van der Waals surface area contributed by atoms with Gasteiger partial charge in [-0.1, -0.05) is 31.2 Å². The van der Waals surface area contributed by atoms with Gasteiger partial charge in [0.05, 0.1) is 7.11 Å². The molecule has 2 saturated carbocycles. The summed E-state index contributed by atoms with van der Waals surface area (Å²) in [5, 5.41) is 18.2. The van der Waals surface area contributed by atoms with Gasteiger partial charge in [-0.25, -0.2) is 4.79 Å². The van der Waals surface area contributed by atoms with Crippen molar-refractivity contribution in [2.75, 3.05) is 7.11 Å². The van der Waals surface area contributed by atoms with E-state index in [2.05, 4.69) is 13.0 Å². The van der Waals surface area contributed by atoms with Crippen molar-refractivity contribution < 1.29 is 29.3 Å². The maximum Gasteiger partial charge on any atom is 0.328 e. The number of hydrogen-bond donors (Lipinski definition) is 2. The third-order valence-corrected chi connectivity index (χ3v) is 8.48. The molecule has 0 amide bonds. The van der Waals surface area contributed by atoms with Crippen molar-refractivity contribution >= 4 is 18.0 Å². The van der Waals surface area contributed by atoms with Crippen LogP contribution in [-0.4, -0.2) is 35.4 Å². The number of carboxylic acids is 1. The number of benzene rings is 2. The number of hydrogen-bond acceptors (Lipinski definition) is 5. The van der Waals surface area contributed by atoms with Gasteiger partial charge in [0.15, 0.2) is 0 Å². The summed E-state index contributed by atoms with van der Waals surface area (Å²) in [7, 11) is 1.55. The number of carbonyl (C=O) groups is 2. The molecule has 2 aromatic rings. The van der Waals surface area contributed by atoms with Crippen LogP contribution in [-0.2, 0) is 20.7 Å². The molecule has 192 valence electrons. The molecule has 0 saturated heterocycles. The normalized spacial score (nSPS) is 28.2. The number of para-hydroxylation sites is 1. The SMILES string of the molecule is CC(=O)OC1CCC2C3CCc4cc(O)ccc4C3CCC12C.COc1ccccc1C=CC(=O)O. The second-order valence-electron chi connectivity index (χ2n) is 10.4. The Kier molecular flexibility index (Phi) is 7.72. The molecule has 0 radical (unpaired) electrons. The predicted octanol–water partition coefficient (Wildman–Crippen LogP) is 5.97. The second-order valence-corrected chi connectivity index (χ2v) is 10.4. The van der Waals surface area contributed by atoms with Crippen molar-refractivity contribution in [3.8, 4) is 11.5 Å². The van der Waals surface area contributed by atoms with Crippen LogP contribution in [0.5, 0.6) is 11.5 Å². The Labute approximate surface area is 212 Å². The molecule has 2 aromatic carbocycles. The zero-order valence-electron chi connectivity index (χ0n) is 21.3. The summed E-state index contributed by atoms with van der Waals surface area (Å²) in [6.45, 7) is 3.88. The number of ether oxygens (including phenoxy) is 2. The number of rotatable bonds is 4. The highest BCUT2D eigenvalue weighted by atomic mass is 16.5. The maximum atomic E-state index is 11.4. The van der Waals surface area contributed by atoms with Crippen LogP contribution in [0.4, 0.5) is 0 Å². The molecule has 36 heavy (non-hydrogen) atoms. The van der Waals surface area contributed by atoms with E-state index >= 15 is 0 Å². The van der Waals surface area contributed by atoms with Crippen LogP contribution in [0.25, 0.3) is 6.08 Å². The number of carboxylic acid groups (broad SMARTS) is 1. The summed E-state index contributed by atoms with van der Waals surface area (Å²) in [6.07, 6.45) is 9.47. The van der Waals surface area contributed by atoms with Gasteiger partial charge in [0, 0.05) is 24.0 Å². The number of esters is 1. The van der Waals surface area contributed by atoms with E-state index in [-0.39, 0.29) is 17.5 Å². The first-order valence-electron chi connectivity index (χ1n) is 12.8. The van der Waals surface area contributed by atoms with E-state index in [0.29, 0.717) is 29.3 Å². The van der Waals surface area contributed by atoms with Gasteiger partial charge >= 0.3 is 11.9 Å². The lowest BCUT2D eigenvalue weighted by Crippen LogP contribution is -2.45. The fraction of sp³-hybridized carbons (Fsp3) is 0.467. The van der Waals surface area contributed by atoms with E-state index < -0.39 is 5.97 Å². The molecular weight excluding hydrogens is 456 g/mol. The first kappa shape index (κ1) is 25.8. The largest absolute Gasteiger partial charge is 0.508 e. The van der Waals surface area contributed by atoms with Crippen molar-refractivity contribution in [3.05, 3.63) is 65.2 Å². The zero-order valence-corrected chi connectivity index (χ0v) is 21.3. The number of phenolic OH excluding ortho intramolecular Hbond substituents is 1. The van der Waals surface area contributed by atoms with E-state index in [1.165, 1.54) is 43.4 Å². The number of carbonyl (C=O) groups excluding carboxylic acids is 1. The summed E-state index contributed by atoms with van der Waals surface area (Å²) in [5.74, 6) is 1.93. The van der Waals surface area contributed by atoms with Gasteiger partial charge in [0.25, 0.3) is 0 Å². The number of aliphatic carboxylic acids is 1. The number of fused-ring (bicyclic) bond motifs is 5. The Morgan fingerprint density at radius 1 is 1.08 bits per heavy atom. The van der Waals surface area contributed by atoms with Gasteiger partial charge in [-0.15, -0.1) is 0 Å². The number of methoxy groups -OCH3 is 1. The molecule has 0 aliphatic heterocycles. The second kappa shape index (κ2) is 10.8. The molecule has 0 spiro atoms. The minimum atomic E-state index is -0.967. The smallest absolute Gasteiger partial charge is 0.328 e. The van der Waals surface area contributed by atoms with Crippen LogP contribution in [0.15, 0.2) is 48.5 Å². The average Bonchev–Trinajstić information content (AvgIpc) is 3.18. The first-order valence-corrected chi connectivity index (χ1v) is 12.8. The standard InChI is InChI=1S/C20H26O3.C10H10O3/c1-12(21)23-19-8-7-18-17-5-3-13-11-14(22)4-6-15(13)16(17)9-10-20(18,19)2;1-13-9-5-3-2-4-8(9)6-7-10(11)12/h4,6,11,16-19,22H,3,5,7-10H2,1-2H3;2-7H,1H3,(H,11,12). The maximum absolute atomic E-state index is 11.4. The quantitative estimate of drug-likeness (QED) is 0.403. The van der Waals surface area contributed by atoms with Crippen LogP contribution in [0.3, 0.4) is 0 Å². The molecule has 5 unspecified atom stereocenters. The summed E-state index contributed by atoms with van der Waals surface area (Å²) < 4.78 is 10.7. The lowest BCUT2D eigenvalue weighted by molar-refractivity contribution is -0.154. The van der Waals surface area contributed by atoms with Crippen LogP contribution in [0, 0.1) is 17.3 Å². The molecule has 5 rings (SSSR count). The number of aromatic hydroxyl groups is 1. The topological polar surface area (TPSA) is 93.1 Å². The Bertz CT molecular complexity index is 1140. The fourth-order valence-corrected chi connectivity index (χ4v) is 6.88. The van der Waals surface area contributed by atoms with Crippen LogP contribution in [0.2, 0.25) is 0 Å². The molecule has 6 heteroatoms. The molecular formula is C30H36O6. The van der Waals surface area contributed by atoms with E-state index in [0.717, 1.165) is 30.9 Å². The van der Waals surface area contributed by atoms with E-state index in [1.54, 1.807) is 19.2 Å². The van der Waals surface area contributed by atoms with Crippen molar-refractivity contribution in [2.45, 2.75) is 64.4 Å². The highest BCUT2D eigenvalue weighted by Gasteiger charge is 2.56. The zero-order chi connectivity index (χ0) is 25.9. The summed E-state index contributed by atoms with van der Waals surface area (Å²) in [5.41, 5.74) is 3.70. The molecule has 3 aliphatic carbocycles. The van der Waals surface area contributed by atoms with Gasteiger partial charge < -0.3 is 19.7 Å². The van der Waals surface area contributed by atoms with Crippen molar-refractivity contribution in [1.82, 2.24) is 0 Å². The van der Waals surface area contributed by atoms with Gasteiger partial charge in [-0.3, -0.25) is 4.79 Å². The van der Waals surface area contributed by atoms with Crippen LogP contribution in [0.1, 0.15) is 68.6 Å². The minimum Gasteiger partial charge on any atom is -0.508 e. The molecule has 6 nitrogen and oxygen atoms in total. The van der Waals surface area contributed by atoms with Crippen molar-refractivity contribution in [1.29, 1.82) is 0 Å². The average molecular weight is 493 g/mol. The van der Waals surface area contributed by atoms with Crippen LogP contribution < -0.4 is 4.74 Å². The molecule has 5 atom stereocenters. The summed E-state index contributed by atoms with van der Waals surface area (Å²) in [6, 6.07) is 13.2. The monoisotopic (exact) mass is 492 g/mol. The molecule has 3 aliphatic rings. The van der Waals surface area contributed by atoms with E-state index in [4.69, 9.17) is 14.6 Å². The Balaban J connectivity index is 0.000000200. The highest BCUT2D eigenvalue weighted by molar-refractivity contribution is 5.85.